The second-order valence-electron chi connectivity index (χ2n) is 5.68. The van der Waals surface area contributed by atoms with Gasteiger partial charge in [0.2, 0.25) is 0 Å². The SMILES string of the molecule is O=C(Nc1ccsc1)C(=O)N[C@@H]1CCCN(c2ccccc2F)C1. The molecular weight excluding hydrogens is 329 g/mol. The number of nitrogens with zero attached hydrogens (tertiary/aromatic N) is 1. The Morgan fingerprint density at radius 1 is 1.21 bits per heavy atom. The zero-order valence-electron chi connectivity index (χ0n) is 13.0. The molecule has 1 aliphatic rings. The first kappa shape index (κ1) is 16.4. The number of carbonyl (C=O) groups excluding carboxylic acids is 2. The maximum Gasteiger partial charge on any atom is 0.313 e. The van der Waals surface area contributed by atoms with E-state index in [0.29, 0.717) is 17.9 Å². The van der Waals surface area contributed by atoms with Gasteiger partial charge in [-0.25, -0.2) is 4.39 Å². The average Bonchev–Trinajstić information content (AvgIpc) is 3.08. The van der Waals surface area contributed by atoms with Crippen LogP contribution in [0.4, 0.5) is 15.8 Å². The van der Waals surface area contributed by atoms with E-state index in [1.54, 1.807) is 29.6 Å². The summed E-state index contributed by atoms with van der Waals surface area (Å²) >= 11 is 1.44. The molecule has 2 aromatic rings. The van der Waals surface area contributed by atoms with Crippen LogP contribution in [0.5, 0.6) is 0 Å². The van der Waals surface area contributed by atoms with Crippen LogP contribution in [0.1, 0.15) is 12.8 Å². The van der Waals surface area contributed by atoms with Gasteiger partial charge in [-0.05, 0) is 36.4 Å². The highest BCUT2D eigenvalue weighted by Crippen LogP contribution is 2.22. The van der Waals surface area contributed by atoms with Gasteiger partial charge in [0.25, 0.3) is 0 Å². The van der Waals surface area contributed by atoms with Gasteiger partial charge in [-0.15, -0.1) is 0 Å². The summed E-state index contributed by atoms with van der Waals surface area (Å²) < 4.78 is 13.9. The Kier molecular flexibility index (Phi) is 5.10. The number of piperidine rings is 1. The van der Waals surface area contributed by atoms with Crippen LogP contribution in [-0.4, -0.2) is 30.9 Å². The number of anilines is 2. The summed E-state index contributed by atoms with van der Waals surface area (Å²) in [4.78, 5) is 25.8. The largest absolute Gasteiger partial charge is 0.367 e. The number of hydrogen-bond acceptors (Lipinski definition) is 4. The van der Waals surface area contributed by atoms with E-state index in [1.165, 1.54) is 17.4 Å². The highest BCUT2D eigenvalue weighted by Gasteiger charge is 2.25. The minimum atomic E-state index is -0.684. The van der Waals surface area contributed by atoms with Crippen LogP contribution < -0.4 is 15.5 Å². The van der Waals surface area contributed by atoms with E-state index < -0.39 is 11.8 Å². The van der Waals surface area contributed by atoms with Gasteiger partial charge in [0, 0.05) is 24.5 Å². The number of para-hydroxylation sites is 1. The van der Waals surface area contributed by atoms with E-state index in [4.69, 9.17) is 0 Å². The molecule has 7 heteroatoms. The second-order valence-corrected chi connectivity index (χ2v) is 6.46. The summed E-state index contributed by atoms with van der Waals surface area (Å²) in [7, 11) is 0. The van der Waals surface area contributed by atoms with Crippen LogP contribution in [0.2, 0.25) is 0 Å². The zero-order chi connectivity index (χ0) is 16.9. The predicted molar refractivity (Wildman–Crippen MR) is 92.7 cm³/mol. The molecule has 0 radical (unpaired) electrons. The number of benzene rings is 1. The molecule has 1 aromatic carbocycles. The zero-order valence-corrected chi connectivity index (χ0v) is 13.8. The minimum Gasteiger partial charge on any atom is -0.367 e. The smallest absolute Gasteiger partial charge is 0.313 e. The van der Waals surface area contributed by atoms with Crippen LogP contribution in [-0.2, 0) is 9.59 Å². The quantitative estimate of drug-likeness (QED) is 0.839. The summed E-state index contributed by atoms with van der Waals surface area (Å²) in [5, 5.41) is 8.86. The van der Waals surface area contributed by atoms with Gasteiger partial charge in [0.1, 0.15) is 5.82 Å². The number of halogens is 1. The number of carbonyl (C=O) groups is 2. The lowest BCUT2D eigenvalue weighted by Gasteiger charge is -2.34. The van der Waals surface area contributed by atoms with Crippen molar-refractivity contribution in [2.75, 3.05) is 23.3 Å². The molecule has 24 heavy (non-hydrogen) atoms. The van der Waals surface area contributed by atoms with Crippen molar-refractivity contribution in [2.45, 2.75) is 18.9 Å². The fourth-order valence-corrected chi connectivity index (χ4v) is 3.38. The Hall–Kier alpha value is -2.41. The average molecular weight is 347 g/mol. The molecule has 0 aliphatic carbocycles. The lowest BCUT2D eigenvalue weighted by Crippen LogP contribution is -2.50. The molecule has 3 rings (SSSR count). The minimum absolute atomic E-state index is 0.181. The number of rotatable bonds is 3. The molecule has 1 aromatic heterocycles. The first-order chi connectivity index (χ1) is 11.6. The molecule has 1 saturated heterocycles. The molecule has 2 heterocycles. The Morgan fingerprint density at radius 2 is 2.04 bits per heavy atom. The second kappa shape index (κ2) is 7.44. The van der Waals surface area contributed by atoms with Crippen LogP contribution in [0.25, 0.3) is 0 Å². The molecule has 5 nitrogen and oxygen atoms in total. The Labute approximate surface area is 143 Å². The fraction of sp³-hybridized carbons (Fsp3) is 0.294. The maximum absolute atomic E-state index is 13.9. The number of nitrogens with one attached hydrogen (secondary N) is 2. The van der Waals surface area contributed by atoms with Crippen LogP contribution in [0.15, 0.2) is 41.1 Å². The van der Waals surface area contributed by atoms with E-state index >= 15 is 0 Å². The summed E-state index contributed by atoms with van der Waals surface area (Å²) in [6.07, 6.45) is 1.59. The van der Waals surface area contributed by atoms with Gasteiger partial charge >= 0.3 is 11.8 Å². The van der Waals surface area contributed by atoms with Gasteiger partial charge in [0.05, 0.1) is 11.4 Å². The fourth-order valence-electron chi connectivity index (χ4n) is 2.80. The normalized spacial score (nSPS) is 17.4. The molecule has 0 bridgehead atoms. The van der Waals surface area contributed by atoms with Gasteiger partial charge in [0.15, 0.2) is 0 Å². The van der Waals surface area contributed by atoms with Gasteiger partial charge < -0.3 is 15.5 Å². The van der Waals surface area contributed by atoms with Gasteiger partial charge in [-0.3, -0.25) is 9.59 Å². The summed E-state index contributed by atoms with van der Waals surface area (Å²) in [6.45, 7) is 1.22. The van der Waals surface area contributed by atoms with E-state index in [1.807, 2.05) is 10.3 Å². The van der Waals surface area contributed by atoms with Crippen molar-refractivity contribution in [1.29, 1.82) is 0 Å². The lowest BCUT2D eigenvalue weighted by molar-refractivity contribution is -0.136. The standard InChI is InChI=1S/C17H18FN3O2S/c18-14-5-1-2-6-15(14)21-8-3-4-12(10-21)19-16(22)17(23)20-13-7-9-24-11-13/h1-2,5-7,9,11-12H,3-4,8,10H2,(H,19,22)(H,20,23)/t12-/m1/s1. The summed E-state index contributed by atoms with van der Waals surface area (Å²) in [5.41, 5.74) is 1.14. The third kappa shape index (κ3) is 3.91. The van der Waals surface area contributed by atoms with Crippen LogP contribution in [0, 0.1) is 5.82 Å². The third-order valence-corrected chi connectivity index (χ3v) is 4.62. The molecule has 1 aliphatic heterocycles. The molecule has 0 unspecified atom stereocenters. The van der Waals surface area contributed by atoms with Gasteiger partial charge in [-0.1, -0.05) is 12.1 Å². The number of thiophene rings is 1. The highest BCUT2D eigenvalue weighted by molar-refractivity contribution is 7.08. The lowest BCUT2D eigenvalue weighted by atomic mass is 10.0. The molecule has 0 saturated carbocycles. The van der Waals surface area contributed by atoms with Crippen molar-refractivity contribution >= 4 is 34.5 Å². The molecular formula is C17H18FN3O2S. The van der Waals surface area contributed by atoms with E-state index in [9.17, 15) is 14.0 Å². The van der Waals surface area contributed by atoms with Crippen molar-refractivity contribution < 1.29 is 14.0 Å². The molecule has 126 valence electrons. The van der Waals surface area contributed by atoms with E-state index in [2.05, 4.69) is 10.6 Å². The Balaban J connectivity index is 1.58. The first-order valence-corrected chi connectivity index (χ1v) is 8.71. The molecule has 1 atom stereocenters. The van der Waals surface area contributed by atoms with Gasteiger partial charge in [-0.2, -0.15) is 11.3 Å². The Bertz CT molecular complexity index is 720. The van der Waals surface area contributed by atoms with Crippen LogP contribution in [0.3, 0.4) is 0 Å². The molecule has 2 amide bonds. The maximum atomic E-state index is 13.9. The first-order valence-electron chi connectivity index (χ1n) is 7.77. The van der Waals surface area contributed by atoms with Crippen molar-refractivity contribution in [3.05, 3.63) is 46.9 Å². The van der Waals surface area contributed by atoms with Crippen LogP contribution >= 0.6 is 11.3 Å². The molecule has 1 fully saturated rings. The Morgan fingerprint density at radius 3 is 2.79 bits per heavy atom. The number of amides is 2. The van der Waals surface area contributed by atoms with E-state index in [-0.39, 0.29) is 11.9 Å². The summed E-state index contributed by atoms with van der Waals surface area (Å²) in [5.74, 6) is -1.63. The topological polar surface area (TPSA) is 61.4 Å². The van der Waals surface area contributed by atoms with Crippen molar-refractivity contribution in [3.63, 3.8) is 0 Å². The van der Waals surface area contributed by atoms with Crippen molar-refractivity contribution in [1.82, 2.24) is 5.32 Å². The molecule has 2 N–H and O–H groups in total. The van der Waals surface area contributed by atoms with Crippen molar-refractivity contribution in [3.8, 4) is 0 Å². The predicted octanol–water partition coefficient (Wildman–Crippen LogP) is 2.61. The van der Waals surface area contributed by atoms with Crippen molar-refractivity contribution in [2.24, 2.45) is 0 Å². The highest BCUT2D eigenvalue weighted by atomic mass is 32.1. The van der Waals surface area contributed by atoms with E-state index in [0.717, 1.165) is 19.4 Å². The molecule has 0 spiro atoms. The monoisotopic (exact) mass is 347 g/mol. The third-order valence-electron chi connectivity index (χ3n) is 3.94. The summed E-state index contributed by atoms with van der Waals surface area (Å²) in [6, 6.07) is 8.13. The number of hydrogen-bond donors (Lipinski definition) is 2.